The standard InChI is InChI=1S/C13H19N3O/c1-16-8-2-3-12(10-16)13(17)15-9-11-4-6-14-7-5-11/h4-7,12H,2-3,8-10H2,1H3,(H,15,17)/t12-/m0/s1. The Hall–Kier alpha value is -1.42. The van der Waals surface area contributed by atoms with Crippen molar-refractivity contribution < 1.29 is 4.79 Å². The molecule has 1 N–H and O–H groups in total. The van der Waals surface area contributed by atoms with Crippen LogP contribution in [0.4, 0.5) is 0 Å². The number of likely N-dealkylation sites (tertiary alicyclic amines) is 1. The summed E-state index contributed by atoms with van der Waals surface area (Å²) in [4.78, 5) is 18.1. The van der Waals surface area contributed by atoms with Crippen LogP contribution in [0.1, 0.15) is 18.4 Å². The third kappa shape index (κ3) is 3.53. The molecule has 1 amide bonds. The average Bonchev–Trinajstić information content (AvgIpc) is 2.37. The third-order valence-corrected chi connectivity index (χ3v) is 3.21. The molecule has 0 unspecified atom stereocenters. The molecule has 0 aromatic carbocycles. The second-order valence-electron chi connectivity index (χ2n) is 4.67. The molecule has 17 heavy (non-hydrogen) atoms. The number of nitrogens with zero attached hydrogens (tertiary/aromatic N) is 2. The predicted molar refractivity (Wildman–Crippen MR) is 66.3 cm³/mol. The average molecular weight is 233 g/mol. The van der Waals surface area contributed by atoms with Gasteiger partial charge >= 0.3 is 0 Å². The summed E-state index contributed by atoms with van der Waals surface area (Å²) in [6, 6.07) is 3.85. The van der Waals surface area contributed by atoms with E-state index in [4.69, 9.17) is 0 Å². The summed E-state index contributed by atoms with van der Waals surface area (Å²) in [7, 11) is 2.07. The topological polar surface area (TPSA) is 45.2 Å². The first kappa shape index (κ1) is 12.0. The molecule has 0 radical (unpaired) electrons. The zero-order chi connectivity index (χ0) is 12.1. The molecule has 4 nitrogen and oxygen atoms in total. The van der Waals surface area contributed by atoms with Gasteiger partial charge < -0.3 is 10.2 Å². The minimum absolute atomic E-state index is 0.149. The van der Waals surface area contributed by atoms with E-state index in [1.165, 1.54) is 0 Å². The van der Waals surface area contributed by atoms with E-state index < -0.39 is 0 Å². The number of amides is 1. The van der Waals surface area contributed by atoms with Gasteiger partial charge in [0.2, 0.25) is 5.91 Å². The number of rotatable bonds is 3. The SMILES string of the molecule is CN1CCC[C@H](C(=O)NCc2ccncc2)C1. The molecular formula is C13H19N3O. The van der Waals surface area contributed by atoms with Crippen molar-refractivity contribution in [3.05, 3.63) is 30.1 Å². The molecule has 1 aliphatic heterocycles. The van der Waals surface area contributed by atoms with Crippen LogP contribution in [0.5, 0.6) is 0 Å². The van der Waals surface area contributed by atoms with Crippen LogP contribution in [0.15, 0.2) is 24.5 Å². The van der Waals surface area contributed by atoms with E-state index in [1.807, 2.05) is 12.1 Å². The molecule has 1 fully saturated rings. The van der Waals surface area contributed by atoms with Crippen molar-refractivity contribution in [3.8, 4) is 0 Å². The Labute approximate surface area is 102 Å². The smallest absolute Gasteiger partial charge is 0.224 e. The summed E-state index contributed by atoms with van der Waals surface area (Å²) in [6.45, 7) is 2.58. The molecule has 4 heteroatoms. The molecule has 1 aromatic rings. The second kappa shape index (κ2) is 5.77. The molecule has 1 aromatic heterocycles. The molecule has 92 valence electrons. The number of nitrogens with one attached hydrogen (secondary N) is 1. The van der Waals surface area contributed by atoms with Gasteiger partial charge in [-0.1, -0.05) is 0 Å². The largest absolute Gasteiger partial charge is 0.352 e. The van der Waals surface area contributed by atoms with Gasteiger partial charge in [0.1, 0.15) is 0 Å². The minimum Gasteiger partial charge on any atom is -0.352 e. The molecule has 1 aliphatic rings. The van der Waals surface area contributed by atoms with E-state index in [1.54, 1.807) is 12.4 Å². The molecule has 2 heterocycles. The van der Waals surface area contributed by atoms with Crippen molar-refractivity contribution in [3.63, 3.8) is 0 Å². The van der Waals surface area contributed by atoms with Gasteiger partial charge in [0.05, 0.1) is 5.92 Å². The lowest BCUT2D eigenvalue weighted by Crippen LogP contribution is -2.41. The van der Waals surface area contributed by atoms with E-state index >= 15 is 0 Å². The Morgan fingerprint density at radius 1 is 1.53 bits per heavy atom. The highest BCUT2D eigenvalue weighted by atomic mass is 16.1. The van der Waals surface area contributed by atoms with Crippen molar-refractivity contribution in [1.82, 2.24) is 15.2 Å². The number of piperidine rings is 1. The highest BCUT2D eigenvalue weighted by molar-refractivity contribution is 5.78. The Bertz CT molecular complexity index is 366. The van der Waals surface area contributed by atoms with Gasteiger partial charge in [-0.25, -0.2) is 0 Å². The molecule has 0 aliphatic carbocycles. The van der Waals surface area contributed by atoms with Crippen molar-refractivity contribution in [1.29, 1.82) is 0 Å². The highest BCUT2D eigenvalue weighted by Gasteiger charge is 2.23. The van der Waals surface area contributed by atoms with Crippen LogP contribution >= 0.6 is 0 Å². The van der Waals surface area contributed by atoms with E-state index in [0.717, 1.165) is 31.5 Å². The fraction of sp³-hybridized carbons (Fsp3) is 0.538. The summed E-state index contributed by atoms with van der Waals surface area (Å²) in [6.07, 6.45) is 5.61. The quantitative estimate of drug-likeness (QED) is 0.848. The number of hydrogen-bond donors (Lipinski definition) is 1. The fourth-order valence-electron chi connectivity index (χ4n) is 2.21. The maximum absolute atomic E-state index is 12.0. The maximum Gasteiger partial charge on any atom is 0.224 e. The van der Waals surface area contributed by atoms with Crippen LogP contribution < -0.4 is 5.32 Å². The summed E-state index contributed by atoms with van der Waals surface area (Å²) < 4.78 is 0. The first-order chi connectivity index (χ1) is 8.25. The van der Waals surface area contributed by atoms with Crippen LogP contribution in [0.3, 0.4) is 0 Å². The molecule has 0 bridgehead atoms. The predicted octanol–water partition coefficient (Wildman–Crippen LogP) is 1.04. The number of carbonyl (C=O) groups is 1. The molecular weight excluding hydrogens is 214 g/mol. The molecule has 0 saturated carbocycles. The summed E-state index contributed by atoms with van der Waals surface area (Å²) in [5.41, 5.74) is 1.09. The van der Waals surface area contributed by atoms with Crippen molar-refractivity contribution in [2.75, 3.05) is 20.1 Å². The van der Waals surface area contributed by atoms with Crippen LogP contribution in [-0.4, -0.2) is 35.9 Å². The van der Waals surface area contributed by atoms with Gasteiger partial charge in [0, 0.05) is 25.5 Å². The first-order valence-electron chi connectivity index (χ1n) is 6.11. The molecule has 1 saturated heterocycles. The third-order valence-electron chi connectivity index (χ3n) is 3.21. The van der Waals surface area contributed by atoms with Crippen molar-refractivity contribution >= 4 is 5.91 Å². The summed E-state index contributed by atoms with van der Waals surface area (Å²) in [5, 5.41) is 3.00. The molecule has 1 atom stereocenters. The van der Waals surface area contributed by atoms with E-state index in [9.17, 15) is 4.79 Å². The van der Waals surface area contributed by atoms with Crippen LogP contribution in [0.2, 0.25) is 0 Å². The Morgan fingerprint density at radius 2 is 2.29 bits per heavy atom. The van der Waals surface area contributed by atoms with Gasteiger partial charge in [-0.2, -0.15) is 0 Å². The minimum atomic E-state index is 0.149. The van der Waals surface area contributed by atoms with Gasteiger partial charge in [-0.3, -0.25) is 9.78 Å². The summed E-state index contributed by atoms with van der Waals surface area (Å²) >= 11 is 0. The van der Waals surface area contributed by atoms with Gasteiger partial charge in [-0.05, 0) is 44.1 Å². The lowest BCUT2D eigenvalue weighted by molar-refractivity contribution is -0.126. The normalized spacial score (nSPS) is 21.1. The number of aromatic nitrogens is 1. The lowest BCUT2D eigenvalue weighted by atomic mass is 9.97. The fourth-order valence-corrected chi connectivity index (χ4v) is 2.21. The molecule has 2 rings (SSSR count). The number of hydrogen-bond acceptors (Lipinski definition) is 3. The lowest BCUT2D eigenvalue weighted by Gasteiger charge is -2.28. The van der Waals surface area contributed by atoms with Gasteiger partial charge in [0.15, 0.2) is 0 Å². The van der Waals surface area contributed by atoms with Crippen LogP contribution in [0.25, 0.3) is 0 Å². The Balaban J connectivity index is 1.81. The summed E-state index contributed by atoms with van der Waals surface area (Å²) in [5.74, 6) is 0.323. The van der Waals surface area contributed by atoms with E-state index in [0.29, 0.717) is 6.54 Å². The zero-order valence-electron chi connectivity index (χ0n) is 10.2. The van der Waals surface area contributed by atoms with Crippen LogP contribution in [-0.2, 0) is 11.3 Å². The monoisotopic (exact) mass is 233 g/mol. The zero-order valence-corrected chi connectivity index (χ0v) is 10.2. The van der Waals surface area contributed by atoms with Crippen LogP contribution in [0, 0.1) is 5.92 Å². The van der Waals surface area contributed by atoms with Crippen molar-refractivity contribution in [2.45, 2.75) is 19.4 Å². The van der Waals surface area contributed by atoms with Gasteiger partial charge in [-0.15, -0.1) is 0 Å². The maximum atomic E-state index is 12.0. The second-order valence-corrected chi connectivity index (χ2v) is 4.67. The number of carbonyl (C=O) groups excluding carboxylic acids is 1. The highest BCUT2D eigenvalue weighted by Crippen LogP contribution is 2.15. The molecule has 0 spiro atoms. The van der Waals surface area contributed by atoms with Crippen molar-refractivity contribution in [2.24, 2.45) is 5.92 Å². The first-order valence-corrected chi connectivity index (χ1v) is 6.11. The van der Waals surface area contributed by atoms with E-state index in [-0.39, 0.29) is 11.8 Å². The number of pyridine rings is 1. The van der Waals surface area contributed by atoms with E-state index in [2.05, 4.69) is 22.2 Å². The Morgan fingerprint density at radius 3 is 3.00 bits per heavy atom. The Kier molecular flexibility index (Phi) is 4.09. The van der Waals surface area contributed by atoms with Gasteiger partial charge in [0.25, 0.3) is 0 Å².